The monoisotopic (exact) mass is 462 g/mol. The first-order valence-electron chi connectivity index (χ1n) is 13.1. The number of piperidine rings is 3. The first-order chi connectivity index (χ1) is 16.7. The van der Waals surface area contributed by atoms with Gasteiger partial charge < -0.3 is 19.6 Å². The highest BCUT2D eigenvalue weighted by Crippen LogP contribution is 2.29. The summed E-state index contributed by atoms with van der Waals surface area (Å²) < 4.78 is 0. The second kappa shape index (κ2) is 10.7. The van der Waals surface area contributed by atoms with Gasteiger partial charge in [0, 0.05) is 63.4 Å². The number of rotatable bonds is 5. The van der Waals surface area contributed by atoms with Crippen LogP contribution in [-0.4, -0.2) is 84.1 Å². The van der Waals surface area contributed by atoms with E-state index in [1.165, 1.54) is 45.2 Å². The molecule has 5 rings (SSSR count). The Labute approximate surface area is 203 Å². The van der Waals surface area contributed by atoms with E-state index in [-0.39, 0.29) is 11.9 Å². The zero-order chi connectivity index (χ0) is 23.3. The molecule has 1 aromatic carbocycles. The van der Waals surface area contributed by atoms with Crippen LogP contribution in [0.1, 0.15) is 55.3 Å². The average molecular weight is 463 g/mol. The van der Waals surface area contributed by atoms with Crippen molar-refractivity contribution in [3.8, 4) is 0 Å². The molecule has 3 fully saturated rings. The third-order valence-electron chi connectivity index (χ3n) is 8.01. The number of aromatic nitrogens is 2. The van der Waals surface area contributed by atoms with Crippen LogP contribution in [0.5, 0.6) is 0 Å². The largest absolute Gasteiger partial charge is 0.371 e. The number of para-hydroxylation sites is 1. The number of benzene rings is 1. The number of hydrogen-bond donors (Lipinski definition) is 0. The maximum atomic E-state index is 13.6. The predicted octanol–water partition coefficient (Wildman–Crippen LogP) is 3.67. The predicted molar refractivity (Wildman–Crippen MR) is 136 cm³/mol. The van der Waals surface area contributed by atoms with Crippen molar-refractivity contribution in [1.29, 1.82) is 0 Å². The fraction of sp³-hybridized carbons (Fsp3) is 0.593. The van der Waals surface area contributed by atoms with Gasteiger partial charge in [-0.15, -0.1) is 0 Å². The molecule has 3 aliphatic heterocycles. The van der Waals surface area contributed by atoms with Crippen molar-refractivity contribution in [3.05, 3.63) is 48.3 Å². The smallest absolute Gasteiger partial charge is 0.255 e. The van der Waals surface area contributed by atoms with Gasteiger partial charge in [0.1, 0.15) is 0 Å². The van der Waals surface area contributed by atoms with Gasteiger partial charge in [-0.1, -0.05) is 18.6 Å². The summed E-state index contributed by atoms with van der Waals surface area (Å²) in [6.45, 7) is 6.34. The van der Waals surface area contributed by atoms with E-state index in [0.717, 1.165) is 56.2 Å². The van der Waals surface area contributed by atoms with Crippen molar-refractivity contribution in [1.82, 2.24) is 19.8 Å². The normalized spacial score (nSPS) is 21.0. The van der Waals surface area contributed by atoms with Crippen LogP contribution < -0.4 is 9.80 Å². The number of carbonyl (C=O) groups excluding carboxylic acids is 1. The lowest BCUT2D eigenvalue weighted by Crippen LogP contribution is -2.48. The quantitative estimate of drug-likeness (QED) is 0.676. The SMILES string of the molecule is CN(C(=O)c1ccccc1N1CCC(N2CCCCC2)CC1)C1CCN(c2ncccn2)CC1. The number of likely N-dealkylation sites (tertiary alicyclic amines) is 1. The van der Waals surface area contributed by atoms with E-state index in [1.807, 2.05) is 30.1 Å². The van der Waals surface area contributed by atoms with Crippen LogP contribution in [-0.2, 0) is 0 Å². The maximum Gasteiger partial charge on any atom is 0.255 e. The van der Waals surface area contributed by atoms with Gasteiger partial charge in [0.15, 0.2) is 0 Å². The Balaban J connectivity index is 1.20. The van der Waals surface area contributed by atoms with Crippen molar-refractivity contribution in [2.45, 2.75) is 57.0 Å². The molecule has 7 heteroatoms. The molecule has 3 saturated heterocycles. The minimum Gasteiger partial charge on any atom is -0.371 e. The number of hydrogen-bond acceptors (Lipinski definition) is 6. The first kappa shape index (κ1) is 23.1. The number of anilines is 2. The van der Waals surface area contributed by atoms with E-state index in [9.17, 15) is 4.79 Å². The van der Waals surface area contributed by atoms with Crippen LogP contribution in [0, 0.1) is 0 Å². The summed E-state index contributed by atoms with van der Waals surface area (Å²) >= 11 is 0. The van der Waals surface area contributed by atoms with Crippen LogP contribution in [0.2, 0.25) is 0 Å². The van der Waals surface area contributed by atoms with Crippen LogP contribution >= 0.6 is 0 Å². The molecular weight excluding hydrogens is 424 g/mol. The van der Waals surface area contributed by atoms with E-state index in [2.05, 4.69) is 36.8 Å². The molecule has 1 aromatic heterocycles. The molecule has 3 aliphatic rings. The van der Waals surface area contributed by atoms with Gasteiger partial charge in [-0.05, 0) is 69.8 Å². The summed E-state index contributed by atoms with van der Waals surface area (Å²) in [5, 5.41) is 0. The van der Waals surface area contributed by atoms with Crippen molar-refractivity contribution in [2.75, 3.05) is 56.1 Å². The van der Waals surface area contributed by atoms with Crippen LogP contribution in [0.15, 0.2) is 42.7 Å². The van der Waals surface area contributed by atoms with E-state index in [4.69, 9.17) is 0 Å². The Kier molecular flexibility index (Phi) is 7.28. The molecule has 2 aromatic rings. The molecule has 0 spiro atoms. The molecular formula is C27H38N6O. The van der Waals surface area contributed by atoms with Crippen molar-refractivity contribution < 1.29 is 4.79 Å². The molecule has 1 amide bonds. The van der Waals surface area contributed by atoms with Crippen LogP contribution in [0.25, 0.3) is 0 Å². The molecule has 0 atom stereocenters. The van der Waals surface area contributed by atoms with Gasteiger partial charge in [0.25, 0.3) is 5.91 Å². The molecule has 182 valence electrons. The van der Waals surface area contributed by atoms with Crippen molar-refractivity contribution in [2.24, 2.45) is 0 Å². The molecule has 0 bridgehead atoms. The Hall–Kier alpha value is -2.67. The molecule has 0 aliphatic carbocycles. The second-order valence-corrected chi connectivity index (χ2v) is 10.0. The second-order valence-electron chi connectivity index (χ2n) is 10.0. The minimum atomic E-state index is 0.142. The summed E-state index contributed by atoms with van der Waals surface area (Å²) in [5.74, 6) is 0.927. The van der Waals surface area contributed by atoms with Gasteiger partial charge in [0.2, 0.25) is 5.95 Å². The minimum absolute atomic E-state index is 0.142. The molecule has 34 heavy (non-hydrogen) atoms. The summed E-state index contributed by atoms with van der Waals surface area (Å²) in [5.41, 5.74) is 1.95. The molecule has 0 saturated carbocycles. The van der Waals surface area contributed by atoms with Gasteiger partial charge >= 0.3 is 0 Å². The topological polar surface area (TPSA) is 55.8 Å². The van der Waals surface area contributed by atoms with Crippen molar-refractivity contribution in [3.63, 3.8) is 0 Å². The number of nitrogens with zero attached hydrogens (tertiary/aromatic N) is 6. The van der Waals surface area contributed by atoms with E-state index >= 15 is 0 Å². The maximum absolute atomic E-state index is 13.6. The Morgan fingerprint density at radius 1 is 0.824 bits per heavy atom. The molecule has 0 radical (unpaired) electrons. The average Bonchev–Trinajstić information content (AvgIpc) is 2.93. The standard InChI is InChI=1S/C27H38N6O/c1-30(22-10-20-33(21-11-22)27-28-14-7-15-29-27)26(34)24-8-3-4-9-25(24)32-18-12-23(13-19-32)31-16-5-2-6-17-31/h3-4,7-9,14-15,22-23H,2,5-6,10-13,16-21H2,1H3. The Morgan fingerprint density at radius 3 is 2.18 bits per heavy atom. The Bertz CT molecular complexity index is 931. The lowest BCUT2D eigenvalue weighted by molar-refractivity contribution is 0.0709. The third-order valence-corrected chi connectivity index (χ3v) is 8.01. The fourth-order valence-electron chi connectivity index (χ4n) is 5.95. The third kappa shape index (κ3) is 5.04. The van der Waals surface area contributed by atoms with Gasteiger partial charge in [-0.25, -0.2) is 9.97 Å². The summed E-state index contributed by atoms with van der Waals surface area (Å²) in [6, 6.07) is 11.0. The Morgan fingerprint density at radius 2 is 1.47 bits per heavy atom. The first-order valence-corrected chi connectivity index (χ1v) is 13.1. The molecule has 4 heterocycles. The molecule has 7 nitrogen and oxygen atoms in total. The zero-order valence-corrected chi connectivity index (χ0v) is 20.5. The van der Waals surface area contributed by atoms with Crippen molar-refractivity contribution >= 4 is 17.5 Å². The summed E-state index contributed by atoms with van der Waals surface area (Å²) in [7, 11) is 1.97. The lowest BCUT2D eigenvalue weighted by Gasteiger charge is -2.41. The molecule has 0 unspecified atom stereocenters. The van der Waals surface area contributed by atoms with E-state index in [0.29, 0.717) is 6.04 Å². The van der Waals surface area contributed by atoms with Crippen LogP contribution in [0.3, 0.4) is 0 Å². The highest BCUT2D eigenvalue weighted by atomic mass is 16.2. The van der Waals surface area contributed by atoms with Crippen LogP contribution in [0.4, 0.5) is 11.6 Å². The zero-order valence-electron chi connectivity index (χ0n) is 20.5. The van der Waals surface area contributed by atoms with Gasteiger partial charge in [-0.3, -0.25) is 4.79 Å². The summed E-state index contributed by atoms with van der Waals surface area (Å²) in [6.07, 6.45) is 11.9. The lowest BCUT2D eigenvalue weighted by atomic mass is 9.98. The number of carbonyl (C=O) groups is 1. The van der Waals surface area contributed by atoms with E-state index < -0.39 is 0 Å². The highest BCUT2D eigenvalue weighted by molar-refractivity contribution is 6.00. The number of amides is 1. The molecule has 0 N–H and O–H groups in total. The highest BCUT2D eigenvalue weighted by Gasteiger charge is 2.30. The summed E-state index contributed by atoms with van der Waals surface area (Å²) in [4.78, 5) is 31.7. The van der Waals surface area contributed by atoms with Gasteiger partial charge in [-0.2, -0.15) is 0 Å². The van der Waals surface area contributed by atoms with E-state index in [1.54, 1.807) is 12.4 Å². The van der Waals surface area contributed by atoms with Gasteiger partial charge in [0.05, 0.1) is 5.56 Å². The fourth-order valence-corrected chi connectivity index (χ4v) is 5.95.